The van der Waals surface area contributed by atoms with Gasteiger partial charge in [-0.25, -0.2) is 4.79 Å². The first-order chi connectivity index (χ1) is 10.1. The van der Waals surface area contributed by atoms with Crippen LogP contribution in [0.4, 0.5) is 0 Å². The number of pyridine rings is 1. The highest BCUT2D eigenvalue weighted by Gasteiger charge is 2.33. The average molecular weight is 301 g/mol. The lowest BCUT2D eigenvalue weighted by Gasteiger charge is -2.15. The van der Waals surface area contributed by atoms with Gasteiger partial charge in [-0.05, 0) is 18.1 Å². The fraction of sp³-hybridized carbons (Fsp3) is 0.250. The Morgan fingerprint density at radius 3 is 2.71 bits per heavy atom. The van der Waals surface area contributed by atoms with Crippen molar-refractivity contribution in [3.63, 3.8) is 0 Å². The van der Waals surface area contributed by atoms with Crippen molar-refractivity contribution in [2.45, 2.75) is 18.0 Å². The molecular formula is C16H15NO3S. The van der Waals surface area contributed by atoms with E-state index in [1.165, 1.54) is 18.9 Å². The van der Waals surface area contributed by atoms with Crippen LogP contribution < -0.4 is 5.56 Å². The molecule has 1 aliphatic rings. The van der Waals surface area contributed by atoms with Crippen LogP contribution in [0.2, 0.25) is 0 Å². The van der Waals surface area contributed by atoms with E-state index in [1.54, 1.807) is 10.6 Å². The molecule has 1 aromatic heterocycles. The van der Waals surface area contributed by atoms with Crippen molar-refractivity contribution < 1.29 is 9.53 Å². The molecule has 0 saturated heterocycles. The van der Waals surface area contributed by atoms with Crippen molar-refractivity contribution in [1.82, 2.24) is 4.57 Å². The van der Waals surface area contributed by atoms with E-state index in [4.69, 9.17) is 4.74 Å². The van der Waals surface area contributed by atoms with Crippen LogP contribution in [0, 0.1) is 6.92 Å². The zero-order valence-corrected chi connectivity index (χ0v) is 12.6. The summed E-state index contributed by atoms with van der Waals surface area (Å²) in [7, 11) is 1.35. The maximum atomic E-state index is 12.3. The van der Waals surface area contributed by atoms with E-state index in [0.717, 1.165) is 21.7 Å². The lowest BCUT2D eigenvalue weighted by atomic mass is 10.0. The van der Waals surface area contributed by atoms with E-state index < -0.39 is 6.04 Å². The van der Waals surface area contributed by atoms with Crippen LogP contribution in [-0.2, 0) is 9.53 Å². The van der Waals surface area contributed by atoms with Crippen molar-refractivity contribution >= 4 is 17.7 Å². The first kappa shape index (κ1) is 13.9. The number of hydrogen-bond acceptors (Lipinski definition) is 4. The maximum Gasteiger partial charge on any atom is 0.329 e. The van der Waals surface area contributed by atoms with Gasteiger partial charge in [-0.2, -0.15) is 0 Å². The summed E-state index contributed by atoms with van der Waals surface area (Å²) in [6.45, 7) is 1.93. The number of fused-ring (bicyclic) bond motifs is 1. The zero-order valence-electron chi connectivity index (χ0n) is 11.8. The largest absolute Gasteiger partial charge is 0.467 e. The molecule has 0 saturated carbocycles. The molecule has 0 radical (unpaired) electrons. The summed E-state index contributed by atoms with van der Waals surface area (Å²) in [6.07, 6.45) is 0. The van der Waals surface area contributed by atoms with Gasteiger partial charge in [0.05, 0.1) is 12.1 Å². The number of esters is 1. The molecule has 5 heteroatoms. The van der Waals surface area contributed by atoms with Gasteiger partial charge in [-0.1, -0.05) is 30.3 Å². The van der Waals surface area contributed by atoms with Crippen molar-refractivity contribution in [2.75, 3.05) is 12.9 Å². The SMILES string of the molecule is COC(=O)[C@H]1CSc2c(-c3ccccc3)c(C)cc(=O)n21. The second-order valence-electron chi connectivity index (χ2n) is 4.93. The highest BCUT2D eigenvalue weighted by molar-refractivity contribution is 7.99. The van der Waals surface area contributed by atoms with E-state index in [-0.39, 0.29) is 11.5 Å². The minimum atomic E-state index is -0.537. The predicted octanol–water partition coefficient (Wildman–Crippen LogP) is 2.64. The molecular weight excluding hydrogens is 286 g/mol. The number of thioether (sulfide) groups is 1. The van der Waals surface area contributed by atoms with Gasteiger partial charge >= 0.3 is 5.97 Å². The summed E-state index contributed by atoms with van der Waals surface area (Å²) in [6, 6.07) is 11.0. The van der Waals surface area contributed by atoms with Crippen LogP contribution in [0.15, 0.2) is 46.2 Å². The lowest BCUT2D eigenvalue weighted by Crippen LogP contribution is -2.29. The Balaban J connectivity index is 2.24. The van der Waals surface area contributed by atoms with Crippen LogP contribution in [0.1, 0.15) is 11.6 Å². The third-order valence-corrected chi connectivity index (χ3v) is 4.79. The smallest absolute Gasteiger partial charge is 0.329 e. The lowest BCUT2D eigenvalue weighted by molar-refractivity contribution is -0.143. The standard InChI is InChI=1S/C16H15NO3S/c1-10-8-13(18)17-12(16(19)20-2)9-21-15(17)14(10)11-6-4-3-5-7-11/h3-8,12H,9H2,1-2H3/t12-/m1/s1. The molecule has 0 unspecified atom stereocenters. The number of aromatic nitrogens is 1. The molecule has 1 atom stereocenters. The molecule has 2 heterocycles. The van der Waals surface area contributed by atoms with Crippen molar-refractivity contribution in [3.05, 3.63) is 52.3 Å². The minimum absolute atomic E-state index is 0.150. The van der Waals surface area contributed by atoms with Gasteiger partial charge in [-0.15, -0.1) is 11.8 Å². The van der Waals surface area contributed by atoms with E-state index in [0.29, 0.717) is 5.75 Å². The zero-order chi connectivity index (χ0) is 15.0. The summed E-state index contributed by atoms with van der Waals surface area (Å²) >= 11 is 1.53. The summed E-state index contributed by atoms with van der Waals surface area (Å²) in [5.41, 5.74) is 2.85. The van der Waals surface area contributed by atoms with Crippen molar-refractivity contribution in [2.24, 2.45) is 0 Å². The summed E-state index contributed by atoms with van der Waals surface area (Å²) in [5, 5.41) is 0.849. The van der Waals surface area contributed by atoms with Crippen LogP contribution in [-0.4, -0.2) is 23.4 Å². The summed E-state index contributed by atoms with van der Waals surface area (Å²) < 4.78 is 6.37. The highest BCUT2D eigenvalue weighted by Crippen LogP contribution is 2.40. The topological polar surface area (TPSA) is 48.3 Å². The number of carbonyl (C=O) groups is 1. The molecule has 0 spiro atoms. The van der Waals surface area contributed by atoms with Gasteiger partial charge in [0.1, 0.15) is 6.04 Å². The molecule has 1 aromatic carbocycles. The number of nitrogens with zero attached hydrogens (tertiary/aromatic N) is 1. The fourth-order valence-corrected chi connectivity index (χ4v) is 4.03. The van der Waals surface area contributed by atoms with Crippen LogP contribution in [0.3, 0.4) is 0 Å². The second kappa shape index (κ2) is 5.41. The Morgan fingerprint density at radius 1 is 1.33 bits per heavy atom. The van der Waals surface area contributed by atoms with Gasteiger partial charge in [0.25, 0.3) is 5.56 Å². The second-order valence-corrected chi connectivity index (χ2v) is 5.94. The van der Waals surface area contributed by atoms with Crippen molar-refractivity contribution in [1.29, 1.82) is 0 Å². The third kappa shape index (κ3) is 2.27. The molecule has 0 aliphatic carbocycles. The third-order valence-electron chi connectivity index (χ3n) is 3.63. The molecule has 108 valence electrons. The molecule has 0 N–H and O–H groups in total. The number of ether oxygens (including phenoxy) is 1. The highest BCUT2D eigenvalue weighted by atomic mass is 32.2. The van der Waals surface area contributed by atoms with Crippen molar-refractivity contribution in [3.8, 4) is 11.1 Å². The quantitative estimate of drug-likeness (QED) is 0.800. The summed E-state index contributed by atoms with van der Waals surface area (Å²) in [4.78, 5) is 24.2. The van der Waals surface area contributed by atoms with Gasteiger partial charge in [0, 0.05) is 17.4 Å². The Labute approximate surface area is 126 Å². The minimum Gasteiger partial charge on any atom is -0.467 e. The van der Waals surface area contributed by atoms with Gasteiger partial charge < -0.3 is 4.74 Å². The molecule has 2 aromatic rings. The monoisotopic (exact) mass is 301 g/mol. The number of rotatable bonds is 2. The molecule has 0 bridgehead atoms. The Kier molecular flexibility index (Phi) is 3.59. The number of benzene rings is 1. The van der Waals surface area contributed by atoms with Gasteiger partial charge in [0.15, 0.2) is 0 Å². The van der Waals surface area contributed by atoms with E-state index >= 15 is 0 Å². The normalized spacial score (nSPS) is 16.6. The molecule has 3 rings (SSSR count). The molecule has 0 amide bonds. The molecule has 21 heavy (non-hydrogen) atoms. The Hall–Kier alpha value is -2.01. The van der Waals surface area contributed by atoms with Gasteiger partial charge in [0.2, 0.25) is 0 Å². The Bertz CT molecular complexity index is 752. The first-order valence-corrected chi connectivity index (χ1v) is 7.64. The van der Waals surface area contributed by atoms with Gasteiger partial charge in [-0.3, -0.25) is 9.36 Å². The Morgan fingerprint density at radius 2 is 2.05 bits per heavy atom. The van der Waals surface area contributed by atoms with Crippen LogP contribution >= 0.6 is 11.8 Å². The summed E-state index contributed by atoms with van der Waals surface area (Å²) in [5.74, 6) is 0.164. The van der Waals surface area contributed by atoms with Crippen LogP contribution in [0.5, 0.6) is 0 Å². The maximum absolute atomic E-state index is 12.3. The number of hydrogen-bond donors (Lipinski definition) is 0. The number of carbonyl (C=O) groups excluding carboxylic acids is 1. The van der Waals surface area contributed by atoms with E-state index in [1.807, 2.05) is 37.3 Å². The van der Waals surface area contributed by atoms with Crippen LogP contribution in [0.25, 0.3) is 11.1 Å². The first-order valence-electron chi connectivity index (χ1n) is 6.65. The number of aryl methyl sites for hydroxylation is 1. The fourth-order valence-electron chi connectivity index (χ4n) is 2.65. The average Bonchev–Trinajstić information content (AvgIpc) is 2.92. The van der Waals surface area contributed by atoms with E-state index in [9.17, 15) is 9.59 Å². The molecule has 4 nitrogen and oxygen atoms in total. The van der Waals surface area contributed by atoms with E-state index in [2.05, 4.69) is 0 Å². The molecule has 0 fully saturated rings. The predicted molar refractivity (Wildman–Crippen MR) is 82.7 cm³/mol. The number of methoxy groups -OCH3 is 1. The molecule has 1 aliphatic heterocycles.